The molecule has 1 saturated heterocycles. The van der Waals surface area contributed by atoms with E-state index in [1.54, 1.807) is 30.3 Å². The van der Waals surface area contributed by atoms with Crippen molar-refractivity contribution in [2.24, 2.45) is 0 Å². The number of carbonyl (C=O) groups is 3. The summed E-state index contributed by atoms with van der Waals surface area (Å²) in [4.78, 5) is 39.2. The second-order valence-corrected chi connectivity index (χ2v) is 10.2. The minimum Gasteiger partial charge on any atom is -0.488 e. The van der Waals surface area contributed by atoms with Gasteiger partial charge in [0.05, 0.1) is 4.91 Å². The normalized spacial score (nSPS) is 14.4. The molecule has 0 unspecified atom stereocenters. The Labute approximate surface area is 226 Å². The van der Waals surface area contributed by atoms with E-state index in [0.717, 1.165) is 37.5 Å². The molecule has 1 heterocycles. The summed E-state index contributed by atoms with van der Waals surface area (Å²) in [5.41, 5.74) is 2.28. The molecule has 1 N–H and O–H groups in total. The van der Waals surface area contributed by atoms with Gasteiger partial charge in [0.1, 0.15) is 18.9 Å². The minimum absolute atomic E-state index is 0.227. The number of nitrogens with zero attached hydrogens (tertiary/aromatic N) is 1. The minimum atomic E-state index is -0.516. The van der Waals surface area contributed by atoms with Gasteiger partial charge in [0.25, 0.3) is 11.1 Å². The Bertz CT molecular complexity index is 1530. The Kier molecular flexibility index (Phi) is 7.39. The van der Waals surface area contributed by atoms with Gasteiger partial charge in [-0.2, -0.15) is 0 Å². The molecule has 0 bridgehead atoms. The average molecular weight is 573 g/mol. The molecule has 1 aliphatic heterocycles. The van der Waals surface area contributed by atoms with Crippen LogP contribution in [0.5, 0.6) is 5.75 Å². The van der Waals surface area contributed by atoms with Crippen molar-refractivity contribution in [2.45, 2.75) is 6.61 Å². The Morgan fingerprint density at radius 1 is 0.946 bits per heavy atom. The van der Waals surface area contributed by atoms with Gasteiger partial charge in [-0.1, -0.05) is 76.6 Å². The van der Waals surface area contributed by atoms with Crippen LogP contribution in [0.15, 0.2) is 100 Å². The van der Waals surface area contributed by atoms with Gasteiger partial charge in [-0.25, -0.2) is 0 Å². The molecular formula is C29H21BrN2O4S. The van der Waals surface area contributed by atoms with Crippen LogP contribution in [0.4, 0.5) is 10.5 Å². The van der Waals surface area contributed by atoms with E-state index in [4.69, 9.17) is 4.74 Å². The monoisotopic (exact) mass is 572 g/mol. The molecule has 0 aliphatic carbocycles. The third-order valence-electron chi connectivity index (χ3n) is 5.75. The number of nitrogens with one attached hydrogen (secondary N) is 1. The van der Waals surface area contributed by atoms with Crippen LogP contribution in [0.2, 0.25) is 0 Å². The maximum absolute atomic E-state index is 13.0. The predicted octanol–water partition coefficient (Wildman–Crippen LogP) is 6.86. The Balaban J connectivity index is 1.33. The molecule has 8 heteroatoms. The van der Waals surface area contributed by atoms with Gasteiger partial charge < -0.3 is 10.1 Å². The van der Waals surface area contributed by atoms with Gasteiger partial charge in [-0.3, -0.25) is 19.3 Å². The summed E-state index contributed by atoms with van der Waals surface area (Å²) >= 11 is 4.27. The highest BCUT2D eigenvalue weighted by Crippen LogP contribution is 2.35. The number of hydrogen-bond donors (Lipinski definition) is 1. The number of halogens is 1. The number of hydrogen-bond acceptors (Lipinski definition) is 5. The number of benzene rings is 4. The number of ether oxygens (including phenoxy) is 1. The highest BCUT2D eigenvalue weighted by atomic mass is 79.9. The molecule has 6 nitrogen and oxygen atoms in total. The van der Waals surface area contributed by atoms with Gasteiger partial charge in [0, 0.05) is 15.7 Å². The molecule has 1 aliphatic rings. The molecule has 3 amide bonds. The lowest BCUT2D eigenvalue weighted by molar-refractivity contribution is -0.127. The van der Waals surface area contributed by atoms with Crippen molar-refractivity contribution in [3.8, 4) is 5.75 Å². The van der Waals surface area contributed by atoms with Gasteiger partial charge in [0.15, 0.2) is 0 Å². The molecular weight excluding hydrogens is 552 g/mol. The number of carbonyl (C=O) groups excluding carboxylic acids is 3. The molecule has 0 aromatic heterocycles. The van der Waals surface area contributed by atoms with Crippen LogP contribution in [0, 0.1) is 0 Å². The summed E-state index contributed by atoms with van der Waals surface area (Å²) in [6, 6.07) is 28.6. The van der Waals surface area contributed by atoms with E-state index in [-0.39, 0.29) is 11.4 Å². The number of rotatable bonds is 7. The molecule has 0 spiro atoms. The van der Waals surface area contributed by atoms with Crippen LogP contribution in [0.1, 0.15) is 11.1 Å². The van der Waals surface area contributed by atoms with E-state index in [9.17, 15) is 14.4 Å². The number of thioether (sulfide) groups is 1. The van der Waals surface area contributed by atoms with Crippen LogP contribution in [-0.4, -0.2) is 28.5 Å². The maximum Gasteiger partial charge on any atom is 0.294 e. The van der Waals surface area contributed by atoms with E-state index in [1.807, 2.05) is 48.5 Å². The van der Waals surface area contributed by atoms with E-state index in [0.29, 0.717) is 23.6 Å². The van der Waals surface area contributed by atoms with Crippen molar-refractivity contribution in [2.75, 3.05) is 11.9 Å². The van der Waals surface area contributed by atoms with Crippen LogP contribution in [0.25, 0.3) is 16.8 Å². The van der Waals surface area contributed by atoms with Crippen molar-refractivity contribution >= 4 is 67.3 Å². The number of amides is 3. The first-order chi connectivity index (χ1) is 18.0. The fourth-order valence-corrected chi connectivity index (χ4v) is 5.19. The zero-order valence-corrected chi connectivity index (χ0v) is 21.9. The second-order valence-electron chi connectivity index (χ2n) is 8.29. The topological polar surface area (TPSA) is 75.7 Å². The fourth-order valence-electron chi connectivity index (χ4n) is 3.98. The van der Waals surface area contributed by atoms with Crippen molar-refractivity contribution < 1.29 is 19.1 Å². The SMILES string of the molecule is O=C(CN1C(=O)S/C(=C\c2cc(Br)ccc2OCc2cccc3ccccc23)C1=O)Nc1ccccc1. The van der Waals surface area contributed by atoms with E-state index in [1.165, 1.54) is 0 Å². The summed E-state index contributed by atoms with van der Waals surface area (Å²) in [6.45, 7) is -0.0230. The molecule has 0 saturated carbocycles. The van der Waals surface area contributed by atoms with E-state index >= 15 is 0 Å². The van der Waals surface area contributed by atoms with Crippen LogP contribution < -0.4 is 10.1 Å². The molecule has 5 rings (SSSR count). The van der Waals surface area contributed by atoms with E-state index < -0.39 is 17.1 Å². The van der Waals surface area contributed by atoms with Crippen molar-refractivity contribution in [3.05, 3.63) is 112 Å². The third-order valence-corrected chi connectivity index (χ3v) is 7.16. The Morgan fingerprint density at radius 2 is 1.70 bits per heavy atom. The molecule has 0 radical (unpaired) electrons. The summed E-state index contributed by atoms with van der Waals surface area (Å²) in [5.74, 6) is -0.390. The molecule has 4 aromatic rings. The maximum atomic E-state index is 13.0. The predicted molar refractivity (Wildman–Crippen MR) is 150 cm³/mol. The smallest absolute Gasteiger partial charge is 0.294 e. The lowest BCUT2D eigenvalue weighted by atomic mass is 10.1. The summed E-state index contributed by atoms with van der Waals surface area (Å²) in [6.07, 6.45) is 1.63. The van der Waals surface area contributed by atoms with Crippen molar-refractivity contribution in [3.63, 3.8) is 0 Å². The quantitative estimate of drug-likeness (QED) is 0.245. The van der Waals surface area contributed by atoms with Crippen LogP contribution in [0.3, 0.4) is 0 Å². The zero-order chi connectivity index (χ0) is 25.8. The van der Waals surface area contributed by atoms with Gasteiger partial charge in [0.2, 0.25) is 5.91 Å². The largest absolute Gasteiger partial charge is 0.488 e. The molecule has 4 aromatic carbocycles. The second kappa shape index (κ2) is 11.0. The first-order valence-corrected chi connectivity index (χ1v) is 13.1. The van der Waals surface area contributed by atoms with Crippen molar-refractivity contribution in [1.82, 2.24) is 4.90 Å². The summed E-state index contributed by atoms with van der Waals surface area (Å²) < 4.78 is 6.97. The number of imide groups is 1. The van der Waals surface area contributed by atoms with Gasteiger partial charge in [-0.05, 0) is 64.5 Å². The Hall–Kier alpha value is -3.88. The number of fused-ring (bicyclic) bond motifs is 1. The highest BCUT2D eigenvalue weighted by molar-refractivity contribution is 9.10. The number of para-hydroxylation sites is 1. The summed E-state index contributed by atoms with van der Waals surface area (Å²) in [7, 11) is 0. The fraction of sp³-hybridized carbons (Fsp3) is 0.0690. The summed E-state index contributed by atoms with van der Waals surface area (Å²) in [5, 5.41) is 4.44. The van der Waals surface area contributed by atoms with E-state index in [2.05, 4.69) is 39.4 Å². The highest BCUT2D eigenvalue weighted by Gasteiger charge is 2.36. The third kappa shape index (κ3) is 5.76. The van der Waals surface area contributed by atoms with Crippen LogP contribution in [-0.2, 0) is 16.2 Å². The lowest BCUT2D eigenvalue weighted by Crippen LogP contribution is -2.36. The molecule has 37 heavy (non-hydrogen) atoms. The molecule has 0 atom stereocenters. The van der Waals surface area contributed by atoms with Crippen LogP contribution >= 0.6 is 27.7 Å². The Morgan fingerprint density at radius 3 is 2.54 bits per heavy atom. The van der Waals surface area contributed by atoms with Gasteiger partial charge in [-0.15, -0.1) is 0 Å². The lowest BCUT2D eigenvalue weighted by Gasteiger charge is -2.13. The first kappa shape index (κ1) is 24.8. The standard InChI is InChI=1S/C29H21BrN2O4S/c30-22-13-14-25(36-18-20-9-6-8-19-7-4-5-12-24(19)20)21(15-22)16-26-28(34)32(29(35)37-26)17-27(33)31-23-10-2-1-3-11-23/h1-16H,17-18H2,(H,31,33)/b26-16-. The zero-order valence-electron chi connectivity index (χ0n) is 19.5. The molecule has 1 fully saturated rings. The average Bonchev–Trinajstić information content (AvgIpc) is 3.16. The van der Waals surface area contributed by atoms with Crippen molar-refractivity contribution in [1.29, 1.82) is 0 Å². The van der Waals surface area contributed by atoms with Gasteiger partial charge >= 0.3 is 0 Å². The number of anilines is 1. The molecule has 184 valence electrons. The first-order valence-electron chi connectivity index (χ1n) is 11.5.